The van der Waals surface area contributed by atoms with Gasteiger partial charge in [0.15, 0.2) is 11.6 Å². The minimum absolute atomic E-state index is 0.0410. The Bertz CT molecular complexity index is 1280. The number of nitriles is 1. The fourth-order valence-corrected chi connectivity index (χ4v) is 11.3. The Balaban J connectivity index is 1.41. The zero-order chi connectivity index (χ0) is 29.6. The minimum atomic E-state index is -0.461. The molecule has 6 aliphatic rings. The van der Waals surface area contributed by atoms with Crippen molar-refractivity contribution in [3.63, 3.8) is 0 Å². The molecule has 3 saturated carbocycles. The molecular formula is C36H50N2O3. The van der Waals surface area contributed by atoms with Gasteiger partial charge in [0, 0.05) is 36.8 Å². The monoisotopic (exact) mass is 558 g/mol. The van der Waals surface area contributed by atoms with E-state index in [2.05, 4.69) is 45.6 Å². The van der Waals surface area contributed by atoms with Gasteiger partial charge >= 0.3 is 0 Å². The van der Waals surface area contributed by atoms with Crippen LogP contribution in [-0.4, -0.2) is 35.5 Å². The Morgan fingerprint density at radius 1 is 1.00 bits per heavy atom. The van der Waals surface area contributed by atoms with Crippen LogP contribution in [0.5, 0.6) is 0 Å². The number of hydrogen-bond donors (Lipinski definition) is 0. The molecule has 5 heteroatoms. The lowest BCUT2D eigenvalue weighted by Gasteiger charge is -2.69. The van der Waals surface area contributed by atoms with Crippen LogP contribution in [0, 0.1) is 62.1 Å². The number of hydrogen-bond acceptors (Lipinski definition) is 4. The van der Waals surface area contributed by atoms with Gasteiger partial charge in [0.1, 0.15) is 6.07 Å². The lowest BCUT2D eigenvalue weighted by molar-refractivity contribution is -0.171. The van der Waals surface area contributed by atoms with Crippen molar-refractivity contribution < 1.29 is 14.4 Å². The number of Topliss-reactive ketones (excluding diaryl/α,β-unsaturated/α-hetero) is 1. The molecule has 0 aromatic carbocycles. The van der Waals surface area contributed by atoms with Gasteiger partial charge in [-0.3, -0.25) is 14.4 Å². The van der Waals surface area contributed by atoms with Gasteiger partial charge in [0.2, 0.25) is 5.91 Å². The van der Waals surface area contributed by atoms with Crippen molar-refractivity contribution in [1.82, 2.24) is 4.90 Å². The van der Waals surface area contributed by atoms with Gasteiger partial charge in [-0.1, -0.05) is 53.2 Å². The predicted octanol–water partition coefficient (Wildman–Crippen LogP) is 7.22. The van der Waals surface area contributed by atoms with Gasteiger partial charge in [-0.2, -0.15) is 5.26 Å². The van der Waals surface area contributed by atoms with Gasteiger partial charge in [-0.05, 0) is 104 Å². The second kappa shape index (κ2) is 9.39. The Morgan fingerprint density at radius 2 is 1.68 bits per heavy atom. The molecular weight excluding hydrogens is 508 g/mol. The summed E-state index contributed by atoms with van der Waals surface area (Å²) in [4.78, 5) is 42.9. The molecule has 1 saturated heterocycles. The Morgan fingerprint density at radius 3 is 2.37 bits per heavy atom. The molecule has 5 nitrogen and oxygen atoms in total. The van der Waals surface area contributed by atoms with Crippen LogP contribution in [0.25, 0.3) is 0 Å². The number of ketones is 2. The Kier molecular flexibility index (Phi) is 6.61. The average molecular weight is 559 g/mol. The number of amides is 1. The maximum absolute atomic E-state index is 14.6. The molecule has 6 rings (SSSR count). The lowest BCUT2D eigenvalue weighted by atomic mass is 9.34. The maximum Gasteiger partial charge on any atom is 0.222 e. The highest BCUT2D eigenvalue weighted by Crippen LogP contribution is 2.74. The van der Waals surface area contributed by atoms with Gasteiger partial charge in [-0.15, -0.1) is 0 Å². The summed E-state index contributed by atoms with van der Waals surface area (Å²) in [5.74, 6) is 0.668. The van der Waals surface area contributed by atoms with E-state index in [9.17, 15) is 19.6 Å². The molecule has 0 radical (unpaired) electrons. The lowest BCUT2D eigenvalue weighted by Crippen LogP contribution is -2.64. The Hall–Kier alpha value is -2.22. The highest BCUT2D eigenvalue weighted by atomic mass is 16.2. The fourth-order valence-electron chi connectivity index (χ4n) is 11.3. The quantitative estimate of drug-likeness (QED) is 0.366. The Labute approximate surface area is 247 Å². The van der Waals surface area contributed by atoms with E-state index in [0.29, 0.717) is 12.3 Å². The molecule has 1 aliphatic heterocycles. The fraction of sp³-hybridized carbons (Fsp3) is 0.778. The molecule has 0 bridgehead atoms. The zero-order valence-corrected chi connectivity index (χ0v) is 26.3. The van der Waals surface area contributed by atoms with Crippen LogP contribution in [0.15, 0.2) is 23.3 Å². The molecule has 0 spiro atoms. The van der Waals surface area contributed by atoms with E-state index >= 15 is 0 Å². The highest BCUT2D eigenvalue weighted by molar-refractivity contribution is 6.02. The van der Waals surface area contributed by atoms with Crippen molar-refractivity contribution in [2.75, 3.05) is 13.1 Å². The van der Waals surface area contributed by atoms with E-state index in [1.807, 2.05) is 19.1 Å². The molecule has 0 aromatic rings. The van der Waals surface area contributed by atoms with E-state index in [1.54, 1.807) is 0 Å². The summed E-state index contributed by atoms with van der Waals surface area (Å²) in [6.07, 6.45) is 15.0. The van der Waals surface area contributed by atoms with Crippen LogP contribution in [0.4, 0.5) is 0 Å². The first-order valence-electron chi connectivity index (χ1n) is 16.4. The zero-order valence-electron chi connectivity index (χ0n) is 26.3. The van der Waals surface area contributed by atoms with E-state index in [0.717, 1.165) is 77.3 Å². The topological polar surface area (TPSA) is 78.2 Å². The summed E-state index contributed by atoms with van der Waals surface area (Å²) < 4.78 is 0. The smallest absolute Gasteiger partial charge is 0.222 e. The minimum Gasteiger partial charge on any atom is -0.343 e. The number of carbonyl (C=O) groups is 3. The molecule has 4 fully saturated rings. The summed E-state index contributed by atoms with van der Waals surface area (Å²) in [6.45, 7) is 15.5. The van der Waals surface area contributed by atoms with Crippen molar-refractivity contribution in [1.29, 1.82) is 5.26 Å². The van der Waals surface area contributed by atoms with Gasteiger partial charge < -0.3 is 4.90 Å². The summed E-state index contributed by atoms with van der Waals surface area (Å²) in [7, 11) is 0. The van der Waals surface area contributed by atoms with Crippen LogP contribution in [0.3, 0.4) is 0 Å². The van der Waals surface area contributed by atoms with Crippen molar-refractivity contribution >= 4 is 17.5 Å². The van der Waals surface area contributed by atoms with Crippen molar-refractivity contribution in [2.24, 2.45) is 50.7 Å². The standard InChI is InChI=1S/C36H50N2O3/c1-23-25-9-11-34(5)28(33(25,4)20-24(22-37)31(23)41)19-27(39)30-26-21-32(2,3)13-15-36(26,16-14-35(30,34)6)12-10-29(40)38-17-7-8-18-38/h19-20,23,25-26,30H,7-18,21H2,1-6H3/t23-,25-,26?,30?,33-,34+,35+,36+/m0/s1. The highest BCUT2D eigenvalue weighted by Gasteiger charge is 2.68. The summed E-state index contributed by atoms with van der Waals surface area (Å²) >= 11 is 0. The summed E-state index contributed by atoms with van der Waals surface area (Å²) in [6, 6.07) is 2.19. The van der Waals surface area contributed by atoms with E-state index in [-0.39, 0.29) is 62.5 Å². The summed E-state index contributed by atoms with van der Waals surface area (Å²) in [5.41, 5.74) is 0.847. The normalized spacial score (nSPS) is 45.0. The second-order valence-electron chi connectivity index (χ2n) is 16.4. The third kappa shape index (κ3) is 4.01. The molecule has 2 unspecified atom stereocenters. The summed E-state index contributed by atoms with van der Waals surface area (Å²) in [5, 5.41) is 9.85. The van der Waals surface area contributed by atoms with Crippen molar-refractivity contribution in [3.8, 4) is 6.07 Å². The molecule has 0 N–H and O–H groups in total. The molecule has 5 aliphatic carbocycles. The largest absolute Gasteiger partial charge is 0.343 e. The third-order valence-electron chi connectivity index (χ3n) is 14.0. The van der Waals surface area contributed by atoms with E-state index < -0.39 is 5.41 Å². The SMILES string of the molecule is C[C@@H]1C(=O)C(C#N)=C[C@]2(C)C3=CC(=O)C4C5CC(C)(C)CC[C@]5(CCC(=O)N5CCCC5)CC[C@@]4(C)[C@]3(C)CC[C@@H]12. The number of rotatable bonds is 3. The first kappa shape index (κ1) is 28.9. The molecule has 0 aromatic heterocycles. The first-order chi connectivity index (χ1) is 19.2. The number of carbonyl (C=O) groups excluding carboxylic acids is 3. The van der Waals surface area contributed by atoms with Gasteiger partial charge in [-0.25, -0.2) is 0 Å². The number of nitrogens with zero attached hydrogens (tertiary/aromatic N) is 2. The van der Waals surface area contributed by atoms with Gasteiger partial charge in [0.25, 0.3) is 0 Å². The molecule has 222 valence electrons. The molecule has 8 atom stereocenters. The van der Waals surface area contributed by atoms with Crippen LogP contribution >= 0.6 is 0 Å². The number of allylic oxidation sites excluding steroid dienone is 4. The molecule has 1 heterocycles. The van der Waals surface area contributed by atoms with Crippen molar-refractivity contribution in [2.45, 2.75) is 112 Å². The number of likely N-dealkylation sites (tertiary alicyclic amines) is 1. The van der Waals surface area contributed by atoms with Crippen LogP contribution in [-0.2, 0) is 14.4 Å². The molecule has 41 heavy (non-hydrogen) atoms. The van der Waals surface area contributed by atoms with Crippen LogP contribution < -0.4 is 0 Å². The third-order valence-corrected chi connectivity index (χ3v) is 14.0. The second-order valence-corrected chi connectivity index (χ2v) is 16.4. The van der Waals surface area contributed by atoms with Crippen LogP contribution in [0.2, 0.25) is 0 Å². The van der Waals surface area contributed by atoms with Gasteiger partial charge in [0.05, 0.1) is 5.57 Å². The first-order valence-corrected chi connectivity index (χ1v) is 16.4. The average Bonchev–Trinajstić information content (AvgIpc) is 3.46. The van der Waals surface area contributed by atoms with E-state index in [1.165, 1.54) is 5.57 Å². The predicted molar refractivity (Wildman–Crippen MR) is 159 cm³/mol. The maximum atomic E-state index is 14.6. The van der Waals surface area contributed by atoms with Crippen molar-refractivity contribution in [3.05, 3.63) is 23.3 Å². The van der Waals surface area contributed by atoms with E-state index in [4.69, 9.17) is 0 Å². The van der Waals surface area contributed by atoms with Crippen LogP contribution in [0.1, 0.15) is 112 Å². The molecule has 1 amide bonds. The number of fused-ring (bicyclic) bond motifs is 7.